The minimum atomic E-state index is -0.222. The molecule has 2 rings (SSSR count). The van der Waals surface area contributed by atoms with Crippen molar-refractivity contribution in [2.45, 2.75) is 25.5 Å². The molecule has 0 aromatic heterocycles. The minimum absolute atomic E-state index is 0.0871. The van der Waals surface area contributed by atoms with E-state index in [2.05, 4.69) is 20.8 Å². The van der Waals surface area contributed by atoms with Gasteiger partial charge in [-0.2, -0.15) is 0 Å². The highest BCUT2D eigenvalue weighted by Gasteiger charge is 2.19. The van der Waals surface area contributed by atoms with E-state index in [0.29, 0.717) is 11.1 Å². The number of likely N-dealkylation sites (tertiary alicyclic amines) is 1. The number of benzene rings is 1. The molecule has 1 aromatic rings. The monoisotopic (exact) mass is 331 g/mol. The molecule has 3 nitrogen and oxygen atoms in total. The van der Waals surface area contributed by atoms with Crippen molar-refractivity contribution in [3.05, 3.63) is 34.1 Å². The second-order valence-corrected chi connectivity index (χ2v) is 5.67. The van der Waals surface area contributed by atoms with Gasteiger partial charge in [-0.1, -0.05) is 6.07 Å². The van der Waals surface area contributed by atoms with E-state index in [1.807, 2.05) is 12.1 Å². The molecule has 106 valence electrons. The standard InChI is InChI=1S/C14H19BrFNO2/c15-13-9-11(1-2-14(13)16)10-17-5-3-12(4-6-17)19-8-7-18/h1-2,9,12,18H,3-8,10H2. The molecule has 0 bridgehead atoms. The Morgan fingerprint density at radius 3 is 2.74 bits per heavy atom. The first-order valence-corrected chi connectivity index (χ1v) is 7.37. The molecular formula is C14H19BrFNO2. The van der Waals surface area contributed by atoms with Gasteiger partial charge in [0.05, 0.1) is 23.8 Å². The SMILES string of the molecule is OCCOC1CCN(Cc2ccc(F)c(Br)c2)CC1. The molecule has 1 aromatic carbocycles. The summed E-state index contributed by atoms with van der Waals surface area (Å²) < 4.78 is 19.2. The van der Waals surface area contributed by atoms with Crippen molar-refractivity contribution >= 4 is 15.9 Å². The second-order valence-electron chi connectivity index (χ2n) is 4.82. The van der Waals surface area contributed by atoms with Crippen molar-refractivity contribution in [1.29, 1.82) is 0 Å². The molecule has 5 heteroatoms. The third-order valence-electron chi connectivity index (χ3n) is 3.37. The van der Waals surface area contributed by atoms with Crippen LogP contribution >= 0.6 is 15.9 Å². The topological polar surface area (TPSA) is 32.7 Å². The van der Waals surface area contributed by atoms with E-state index in [0.717, 1.165) is 38.0 Å². The summed E-state index contributed by atoms with van der Waals surface area (Å²) in [5.41, 5.74) is 1.11. The number of rotatable bonds is 5. The molecule has 0 spiro atoms. The molecule has 1 N–H and O–H groups in total. The van der Waals surface area contributed by atoms with Gasteiger partial charge in [-0.25, -0.2) is 4.39 Å². The molecule has 1 fully saturated rings. The van der Waals surface area contributed by atoms with Crippen LogP contribution in [0.1, 0.15) is 18.4 Å². The maximum Gasteiger partial charge on any atom is 0.137 e. The van der Waals surface area contributed by atoms with Gasteiger partial charge < -0.3 is 9.84 Å². The molecule has 1 aliphatic heterocycles. The van der Waals surface area contributed by atoms with Gasteiger partial charge in [-0.3, -0.25) is 4.90 Å². The summed E-state index contributed by atoms with van der Waals surface area (Å²) in [5, 5.41) is 8.72. The van der Waals surface area contributed by atoms with E-state index in [1.165, 1.54) is 6.07 Å². The maximum atomic E-state index is 13.1. The Bertz CT molecular complexity index is 408. The number of halogens is 2. The third-order valence-corrected chi connectivity index (χ3v) is 3.98. The van der Waals surface area contributed by atoms with Gasteiger partial charge in [-0.15, -0.1) is 0 Å². The van der Waals surface area contributed by atoms with Gasteiger partial charge in [0.15, 0.2) is 0 Å². The molecule has 0 amide bonds. The van der Waals surface area contributed by atoms with Gasteiger partial charge >= 0.3 is 0 Å². The molecule has 1 saturated heterocycles. The van der Waals surface area contributed by atoms with Gasteiger partial charge in [0.25, 0.3) is 0 Å². The summed E-state index contributed by atoms with van der Waals surface area (Å²) in [7, 11) is 0. The van der Waals surface area contributed by atoms with Crippen molar-refractivity contribution in [2.24, 2.45) is 0 Å². The lowest BCUT2D eigenvalue weighted by Crippen LogP contribution is -2.36. The van der Waals surface area contributed by atoms with E-state index < -0.39 is 0 Å². The Morgan fingerprint density at radius 1 is 1.37 bits per heavy atom. The lowest BCUT2D eigenvalue weighted by atomic mass is 10.1. The van der Waals surface area contributed by atoms with Crippen molar-refractivity contribution in [2.75, 3.05) is 26.3 Å². The normalized spacial score (nSPS) is 17.8. The number of aliphatic hydroxyl groups is 1. The van der Waals surface area contributed by atoms with Crippen LogP contribution in [0.5, 0.6) is 0 Å². The fourth-order valence-electron chi connectivity index (χ4n) is 2.35. The van der Waals surface area contributed by atoms with Crippen molar-refractivity contribution in [1.82, 2.24) is 4.90 Å². The number of nitrogens with zero attached hydrogens (tertiary/aromatic N) is 1. The molecule has 1 heterocycles. The van der Waals surface area contributed by atoms with Crippen molar-refractivity contribution < 1.29 is 14.2 Å². The second kappa shape index (κ2) is 7.33. The molecule has 0 unspecified atom stereocenters. The van der Waals surface area contributed by atoms with E-state index in [-0.39, 0.29) is 18.5 Å². The van der Waals surface area contributed by atoms with Crippen LogP contribution in [0.15, 0.2) is 22.7 Å². The number of hydrogen-bond acceptors (Lipinski definition) is 3. The lowest BCUT2D eigenvalue weighted by molar-refractivity contribution is -0.00901. The van der Waals surface area contributed by atoms with E-state index in [1.54, 1.807) is 0 Å². The average molecular weight is 332 g/mol. The average Bonchev–Trinajstić information content (AvgIpc) is 2.42. The molecule has 0 saturated carbocycles. The zero-order valence-corrected chi connectivity index (χ0v) is 12.4. The van der Waals surface area contributed by atoms with Crippen molar-refractivity contribution in [3.8, 4) is 0 Å². The highest BCUT2D eigenvalue weighted by molar-refractivity contribution is 9.10. The van der Waals surface area contributed by atoms with Crippen LogP contribution in [0.25, 0.3) is 0 Å². The van der Waals surface area contributed by atoms with Gasteiger partial charge in [-0.05, 0) is 46.5 Å². The smallest absolute Gasteiger partial charge is 0.137 e. The Morgan fingerprint density at radius 2 is 2.11 bits per heavy atom. The number of piperidine rings is 1. The molecule has 1 aliphatic rings. The first-order valence-electron chi connectivity index (χ1n) is 6.58. The van der Waals surface area contributed by atoms with E-state index in [9.17, 15) is 4.39 Å². The minimum Gasteiger partial charge on any atom is -0.394 e. The first-order chi connectivity index (χ1) is 9.19. The zero-order valence-electron chi connectivity index (χ0n) is 10.8. The van der Waals surface area contributed by atoms with Crippen LogP contribution in [0, 0.1) is 5.82 Å². The van der Waals surface area contributed by atoms with Gasteiger partial charge in [0.1, 0.15) is 5.82 Å². The number of ether oxygens (including phenoxy) is 1. The van der Waals surface area contributed by atoms with E-state index >= 15 is 0 Å². The summed E-state index contributed by atoms with van der Waals surface area (Å²) >= 11 is 3.21. The maximum absolute atomic E-state index is 13.1. The summed E-state index contributed by atoms with van der Waals surface area (Å²) in [6.07, 6.45) is 2.24. The Balaban J connectivity index is 1.80. The molecule has 0 aliphatic carbocycles. The van der Waals surface area contributed by atoms with Crippen LogP contribution in [0.3, 0.4) is 0 Å². The Labute approximate surface area is 121 Å². The van der Waals surface area contributed by atoms with Gasteiger partial charge in [0, 0.05) is 19.6 Å². The van der Waals surface area contributed by atoms with Crippen molar-refractivity contribution in [3.63, 3.8) is 0 Å². The van der Waals surface area contributed by atoms with Crippen LogP contribution in [0.4, 0.5) is 4.39 Å². The fraction of sp³-hybridized carbons (Fsp3) is 0.571. The van der Waals surface area contributed by atoms with Crippen LogP contribution in [-0.2, 0) is 11.3 Å². The Hall–Kier alpha value is -0.490. The molecule has 19 heavy (non-hydrogen) atoms. The zero-order chi connectivity index (χ0) is 13.7. The van der Waals surface area contributed by atoms with Crippen LogP contribution in [0.2, 0.25) is 0 Å². The van der Waals surface area contributed by atoms with Crippen LogP contribution in [-0.4, -0.2) is 42.4 Å². The quantitative estimate of drug-likeness (QED) is 0.900. The Kier molecular flexibility index (Phi) is 5.76. The van der Waals surface area contributed by atoms with Crippen LogP contribution < -0.4 is 0 Å². The third kappa shape index (κ3) is 4.53. The fourth-order valence-corrected chi connectivity index (χ4v) is 2.78. The van der Waals surface area contributed by atoms with Gasteiger partial charge in [0.2, 0.25) is 0 Å². The highest BCUT2D eigenvalue weighted by Crippen LogP contribution is 2.20. The summed E-state index contributed by atoms with van der Waals surface area (Å²) in [6, 6.07) is 5.16. The first kappa shape index (κ1) is 14.9. The number of aliphatic hydroxyl groups excluding tert-OH is 1. The van der Waals surface area contributed by atoms with E-state index in [4.69, 9.17) is 9.84 Å². The lowest BCUT2D eigenvalue weighted by Gasteiger charge is -2.31. The predicted molar refractivity (Wildman–Crippen MR) is 75.4 cm³/mol. The largest absolute Gasteiger partial charge is 0.394 e. The highest BCUT2D eigenvalue weighted by atomic mass is 79.9. The molecule has 0 radical (unpaired) electrons. The predicted octanol–water partition coefficient (Wildman–Crippen LogP) is 2.56. The summed E-state index contributed by atoms with van der Waals surface area (Å²) in [4.78, 5) is 2.35. The summed E-state index contributed by atoms with van der Waals surface area (Å²) in [6.45, 7) is 3.31. The summed E-state index contributed by atoms with van der Waals surface area (Å²) in [5.74, 6) is -0.222. The number of hydrogen-bond donors (Lipinski definition) is 1. The molecular weight excluding hydrogens is 313 g/mol. The molecule has 0 atom stereocenters.